The summed E-state index contributed by atoms with van der Waals surface area (Å²) in [7, 11) is 0. The molecule has 6 rings (SSSR count). The molecule has 7 heteroatoms. The second-order valence-electron chi connectivity index (χ2n) is 8.60. The zero-order valence-electron chi connectivity index (χ0n) is 15.8. The van der Waals surface area contributed by atoms with Crippen LogP contribution < -0.4 is 16.0 Å². The molecule has 4 atom stereocenters. The number of pyridine rings is 1. The van der Waals surface area contributed by atoms with E-state index in [1.807, 2.05) is 17.5 Å². The minimum Gasteiger partial charge on any atom is -0.351 e. The van der Waals surface area contributed by atoms with Crippen molar-refractivity contribution < 1.29 is 9.59 Å². The third-order valence-corrected chi connectivity index (χ3v) is 7.75. The fourth-order valence-electron chi connectivity index (χ4n) is 5.43. The Morgan fingerprint density at radius 3 is 3.04 bits per heavy atom. The minimum absolute atomic E-state index is 0.0272. The molecule has 3 heterocycles. The molecule has 3 fully saturated rings. The maximum absolute atomic E-state index is 13.0. The second-order valence-corrected chi connectivity index (χ2v) is 9.63. The largest absolute Gasteiger partial charge is 0.351 e. The third-order valence-electron chi connectivity index (χ3n) is 6.87. The number of hydrogen-bond donors (Lipinski definition) is 3. The average Bonchev–Trinajstić information content (AvgIpc) is 3.19. The quantitative estimate of drug-likeness (QED) is 0.744. The van der Waals surface area contributed by atoms with E-state index in [1.165, 1.54) is 4.88 Å². The fourth-order valence-corrected chi connectivity index (χ4v) is 6.08. The van der Waals surface area contributed by atoms with Crippen LogP contribution in [0, 0.1) is 17.3 Å². The molecule has 2 amide bonds. The Bertz CT molecular complexity index is 930. The van der Waals surface area contributed by atoms with Crippen molar-refractivity contribution in [1.29, 1.82) is 0 Å². The normalized spacial score (nSPS) is 33.1. The number of carbonyl (C=O) groups excluding carboxylic acids is 2. The first kappa shape index (κ1) is 17.7. The van der Waals surface area contributed by atoms with E-state index in [2.05, 4.69) is 27.9 Å². The SMILES string of the molecule is C[C@@]12CC[C@@H](C[C@@H]1C(=O)NCc1cccs1)[C@@]1(C2)NC(=O)c2cccnc2N1. The summed E-state index contributed by atoms with van der Waals surface area (Å²) >= 11 is 1.66. The molecule has 1 spiro atoms. The molecule has 1 aliphatic heterocycles. The maximum atomic E-state index is 13.0. The summed E-state index contributed by atoms with van der Waals surface area (Å²) < 4.78 is 0. The molecule has 6 nitrogen and oxygen atoms in total. The van der Waals surface area contributed by atoms with Gasteiger partial charge < -0.3 is 16.0 Å². The average molecular weight is 397 g/mol. The minimum atomic E-state index is -0.504. The Balaban J connectivity index is 1.37. The Kier molecular flexibility index (Phi) is 3.98. The van der Waals surface area contributed by atoms with Crippen molar-refractivity contribution in [3.05, 3.63) is 46.3 Å². The first-order valence-electron chi connectivity index (χ1n) is 9.85. The van der Waals surface area contributed by atoms with Crippen LogP contribution in [0.25, 0.3) is 0 Å². The summed E-state index contributed by atoms with van der Waals surface area (Å²) in [6.07, 6.45) is 5.23. The van der Waals surface area contributed by atoms with Gasteiger partial charge in [-0.1, -0.05) is 13.0 Å². The van der Waals surface area contributed by atoms with Crippen molar-refractivity contribution >= 4 is 29.0 Å². The number of rotatable bonds is 3. The van der Waals surface area contributed by atoms with Crippen molar-refractivity contribution in [2.45, 2.75) is 44.8 Å². The van der Waals surface area contributed by atoms with E-state index in [0.29, 0.717) is 17.9 Å². The van der Waals surface area contributed by atoms with Crippen LogP contribution in [0.2, 0.25) is 0 Å². The molecular formula is C21H24N4O2S. The van der Waals surface area contributed by atoms with Gasteiger partial charge in [0.15, 0.2) is 0 Å². The van der Waals surface area contributed by atoms with Crippen molar-refractivity contribution in [2.75, 3.05) is 5.32 Å². The van der Waals surface area contributed by atoms with E-state index in [1.54, 1.807) is 29.7 Å². The smallest absolute Gasteiger partial charge is 0.256 e. The number of thiophene rings is 1. The second kappa shape index (κ2) is 6.30. The van der Waals surface area contributed by atoms with Crippen LogP contribution in [0.1, 0.15) is 47.8 Å². The monoisotopic (exact) mass is 396 g/mol. The van der Waals surface area contributed by atoms with Gasteiger partial charge in [-0.05, 0) is 54.7 Å². The van der Waals surface area contributed by atoms with Gasteiger partial charge in [0.1, 0.15) is 11.5 Å². The first-order chi connectivity index (χ1) is 13.5. The van der Waals surface area contributed by atoms with E-state index >= 15 is 0 Å². The number of fused-ring (bicyclic) bond motifs is 3. The molecule has 0 radical (unpaired) electrons. The molecule has 3 aliphatic carbocycles. The lowest BCUT2D eigenvalue weighted by molar-refractivity contribution is -0.139. The van der Waals surface area contributed by atoms with E-state index in [0.717, 1.165) is 25.7 Å². The summed E-state index contributed by atoms with van der Waals surface area (Å²) in [6.45, 7) is 2.78. The maximum Gasteiger partial charge on any atom is 0.256 e. The summed E-state index contributed by atoms with van der Waals surface area (Å²) in [5.74, 6) is 0.903. The molecule has 28 heavy (non-hydrogen) atoms. The lowest BCUT2D eigenvalue weighted by Crippen LogP contribution is -2.70. The van der Waals surface area contributed by atoms with Crippen LogP contribution in [-0.2, 0) is 11.3 Å². The number of aromatic nitrogens is 1. The van der Waals surface area contributed by atoms with Gasteiger partial charge in [0, 0.05) is 22.9 Å². The van der Waals surface area contributed by atoms with Crippen molar-refractivity contribution in [3.63, 3.8) is 0 Å². The van der Waals surface area contributed by atoms with Gasteiger partial charge in [0.05, 0.1) is 12.1 Å². The number of hydrogen-bond acceptors (Lipinski definition) is 5. The molecule has 0 unspecified atom stereocenters. The standard InChI is InChI=1S/C21H24N4O2S/c1-20-7-6-13(10-16(20)19(27)23-11-14-4-3-9-28-14)21(12-20)24-17-15(18(26)25-21)5-2-8-22-17/h2-5,8-9,13,16H,6-7,10-12H2,1H3,(H,22,24)(H,23,27)(H,25,26)/t13-,16+,20-,21+/m0/s1. The van der Waals surface area contributed by atoms with Gasteiger partial charge >= 0.3 is 0 Å². The number of amides is 2. The van der Waals surface area contributed by atoms with Gasteiger partial charge in [0.25, 0.3) is 5.91 Å². The van der Waals surface area contributed by atoms with Crippen LogP contribution in [0.15, 0.2) is 35.8 Å². The van der Waals surface area contributed by atoms with Crippen LogP contribution in [0.4, 0.5) is 5.82 Å². The number of anilines is 1. The molecular weight excluding hydrogens is 372 g/mol. The number of nitrogens with zero attached hydrogens (tertiary/aromatic N) is 1. The van der Waals surface area contributed by atoms with Crippen molar-refractivity contribution in [3.8, 4) is 0 Å². The highest BCUT2D eigenvalue weighted by atomic mass is 32.1. The lowest BCUT2D eigenvalue weighted by atomic mass is 9.51. The third kappa shape index (κ3) is 2.71. The van der Waals surface area contributed by atoms with Crippen LogP contribution in [0.3, 0.4) is 0 Å². The van der Waals surface area contributed by atoms with Crippen LogP contribution in [-0.4, -0.2) is 22.5 Å². The fraction of sp³-hybridized carbons (Fsp3) is 0.476. The predicted molar refractivity (Wildman–Crippen MR) is 108 cm³/mol. The molecule has 0 aromatic carbocycles. The van der Waals surface area contributed by atoms with Crippen molar-refractivity contribution in [1.82, 2.24) is 15.6 Å². The highest BCUT2D eigenvalue weighted by molar-refractivity contribution is 7.09. The highest BCUT2D eigenvalue weighted by Gasteiger charge is 2.60. The van der Waals surface area contributed by atoms with E-state index in [-0.39, 0.29) is 29.1 Å². The topological polar surface area (TPSA) is 83.1 Å². The molecule has 3 saturated carbocycles. The molecule has 2 aromatic rings. The summed E-state index contributed by atoms with van der Waals surface area (Å²) in [4.78, 5) is 31.3. The highest BCUT2D eigenvalue weighted by Crippen LogP contribution is 2.58. The van der Waals surface area contributed by atoms with Gasteiger partial charge in [-0.3, -0.25) is 9.59 Å². The van der Waals surface area contributed by atoms with Gasteiger partial charge in [-0.2, -0.15) is 0 Å². The van der Waals surface area contributed by atoms with Gasteiger partial charge in [-0.15, -0.1) is 11.3 Å². The summed E-state index contributed by atoms with van der Waals surface area (Å²) in [6, 6.07) is 7.62. The Labute approximate surface area is 168 Å². The Hall–Kier alpha value is -2.41. The van der Waals surface area contributed by atoms with Crippen LogP contribution in [0.5, 0.6) is 0 Å². The van der Waals surface area contributed by atoms with E-state index in [4.69, 9.17) is 0 Å². The molecule has 2 bridgehead atoms. The summed E-state index contributed by atoms with van der Waals surface area (Å²) in [5.41, 5.74) is -0.0680. The Morgan fingerprint density at radius 1 is 1.36 bits per heavy atom. The number of carbonyl (C=O) groups is 2. The summed E-state index contributed by atoms with van der Waals surface area (Å²) in [5, 5.41) is 11.9. The zero-order valence-corrected chi connectivity index (χ0v) is 16.6. The zero-order chi connectivity index (χ0) is 19.4. The Morgan fingerprint density at radius 2 is 2.25 bits per heavy atom. The first-order valence-corrected chi connectivity index (χ1v) is 10.7. The van der Waals surface area contributed by atoms with Crippen molar-refractivity contribution in [2.24, 2.45) is 17.3 Å². The van der Waals surface area contributed by atoms with Gasteiger partial charge in [-0.25, -0.2) is 4.98 Å². The molecule has 2 aromatic heterocycles. The van der Waals surface area contributed by atoms with Gasteiger partial charge in [0.2, 0.25) is 5.91 Å². The number of nitrogens with one attached hydrogen (secondary N) is 3. The molecule has 0 saturated heterocycles. The molecule has 3 N–H and O–H groups in total. The van der Waals surface area contributed by atoms with Crippen LogP contribution >= 0.6 is 11.3 Å². The van der Waals surface area contributed by atoms with E-state index in [9.17, 15) is 9.59 Å². The predicted octanol–water partition coefficient (Wildman–Crippen LogP) is 3.14. The van der Waals surface area contributed by atoms with E-state index < -0.39 is 5.66 Å². The molecule has 4 aliphatic rings. The molecule has 146 valence electrons. The lowest BCUT2D eigenvalue weighted by Gasteiger charge is -2.60.